The van der Waals surface area contributed by atoms with Gasteiger partial charge in [0.25, 0.3) is 0 Å². The van der Waals surface area contributed by atoms with Crippen LogP contribution in [0.2, 0.25) is 0 Å². The summed E-state index contributed by atoms with van der Waals surface area (Å²) in [6, 6.07) is 15.1. The minimum absolute atomic E-state index is 0.0324. The molecule has 1 atom stereocenters. The summed E-state index contributed by atoms with van der Waals surface area (Å²) >= 11 is 0. The molecule has 0 saturated carbocycles. The summed E-state index contributed by atoms with van der Waals surface area (Å²) in [7, 11) is 0. The van der Waals surface area contributed by atoms with Gasteiger partial charge in [0.1, 0.15) is 6.04 Å². The number of ether oxygens (including phenoxy) is 2. The van der Waals surface area contributed by atoms with Crippen molar-refractivity contribution in [2.24, 2.45) is 0 Å². The van der Waals surface area contributed by atoms with Crippen molar-refractivity contribution in [3.8, 4) is 11.5 Å². The van der Waals surface area contributed by atoms with Gasteiger partial charge in [-0.2, -0.15) is 0 Å². The maximum atomic E-state index is 13.2. The van der Waals surface area contributed by atoms with Crippen LogP contribution in [0.4, 0.5) is 0 Å². The molecule has 3 rings (SSSR count). The molecule has 0 spiro atoms. The van der Waals surface area contributed by atoms with E-state index in [0.29, 0.717) is 38.1 Å². The van der Waals surface area contributed by atoms with Crippen LogP contribution in [-0.2, 0) is 22.6 Å². The summed E-state index contributed by atoms with van der Waals surface area (Å²) in [5.74, 6) is 1.32. The summed E-state index contributed by atoms with van der Waals surface area (Å²) in [6.45, 7) is 5.21. The quantitative estimate of drug-likeness (QED) is 0.649. The predicted octanol–water partition coefficient (Wildman–Crippen LogP) is 3.68. The maximum absolute atomic E-state index is 13.2. The van der Waals surface area contributed by atoms with E-state index in [9.17, 15) is 9.59 Å². The molecule has 6 nitrogen and oxygen atoms in total. The molecule has 2 aromatic carbocycles. The Morgan fingerprint density at radius 2 is 1.80 bits per heavy atom. The van der Waals surface area contributed by atoms with Gasteiger partial charge in [-0.25, -0.2) is 0 Å². The lowest BCUT2D eigenvalue weighted by Gasteiger charge is -2.30. The topological polar surface area (TPSA) is 67.9 Å². The minimum atomic E-state index is -0.485. The maximum Gasteiger partial charge on any atom is 0.242 e. The van der Waals surface area contributed by atoms with Gasteiger partial charge in [0.05, 0.1) is 0 Å². The molecular formula is C24H30N2O4. The number of nitrogens with zero attached hydrogens (tertiary/aromatic N) is 1. The molecule has 1 heterocycles. The van der Waals surface area contributed by atoms with E-state index in [1.54, 1.807) is 4.90 Å². The molecule has 160 valence electrons. The Bertz CT molecular complexity index is 854. The number of nitrogens with one attached hydrogen (secondary N) is 1. The smallest absolute Gasteiger partial charge is 0.242 e. The number of hydrogen-bond donors (Lipinski definition) is 1. The summed E-state index contributed by atoms with van der Waals surface area (Å²) in [5.41, 5.74) is 2.02. The molecule has 0 aliphatic carbocycles. The second-order valence-electron chi connectivity index (χ2n) is 7.41. The SMILES string of the molecule is CCCNC(=O)[C@@H](CC)N(Cc1ccccc1)C(=O)CCc1ccc2c(c1)OCO2. The third kappa shape index (κ3) is 5.53. The zero-order chi connectivity index (χ0) is 21.3. The average molecular weight is 411 g/mol. The van der Waals surface area contributed by atoms with Crippen molar-refractivity contribution in [2.75, 3.05) is 13.3 Å². The van der Waals surface area contributed by atoms with Crippen molar-refractivity contribution in [1.82, 2.24) is 10.2 Å². The number of carbonyl (C=O) groups excluding carboxylic acids is 2. The number of rotatable bonds is 10. The van der Waals surface area contributed by atoms with Crippen LogP contribution < -0.4 is 14.8 Å². The highest BCUT2D eigenvalue weighted by Crippen LogP contribution is 2.32. The van der Waals surface area contributed by atoms with Crippen molar-refractivity contribution in [3.63, 3.8) is 0 Å². The highest BCUT2D eigenvalue weighted by Gasteiger charge is 2.28. The molecule has 0 unspecified atom stereocenters. The number of amides is 2. The normalized spacial score (nSPS) is 13.0. The molecule has 1 aliphatic heterocycles. The van der Waals surface area contributed by atoms with Gasteiger partial charge < -0.3 is 19.7 Å². The highest BCUT2D eigenvalue weighted by molar-refractivity contribution is 5.87. The Labute approximate surface area is 178 Å². The van der Waals surface area contributed by atoms with Crippen LogP contribution in [-0.4, -0.2) is 36.1 Å². The van der Waals surface area contributed by atoms with E-state index >= 15 is 0 Å². The first-order valence-corrected chi connectivity index (χ1v) is 10.6. The van der Waals surface area contributed by atoms with Crippen molar-refractivity contribution < 1.29 is 19.1 Å². The molecule has 0 saturated heterocycles. The number of hydrogen-bond acceptors (Lipinski definition) is 4. The fourth-order valence-corrected chi connectivity index (χ4v) is 3.56. The van der Waals surface area contributed by atoms with E-state index in [1.807, 2.05) is 62.4 Å². The van der Waals surface area contributed by atoms with Gasteiger partial charge in [-0.1, -0.05) is 50.2 Å². The Kier molecular flexibility index (Phi) is 7.71. The van der Waals surface area contributed by atoms with Crippen LogP contribution in [0.25, 0.3) is 0 Å². The zero-order valence-corrected chi connectivity index (χ0v) is 17.7. The molecular weight excluding hydrogens is 380 g/mol. The molecule has 2 amide bonds. The second-order valence-corrected chi connectivity index (χ2v) is 7.41. The van der Waals surface area contributed by atoms with Crippen molar-refractivity contribution in [2.45, 2.75) is 52.1 Å². The van der Waals surface area contributed by atoms with Gasteiger partial charge in [0.2, 0.25) is 18.6 Å². The van der Waals surface area contributed by atoms with Gasteiger partial charge in [0.15, 0.2) is 11.5 Å². The van der Waals surface area contributed by atoms with E-state index in [0.717, 1.165) is 23.3 Å². The molecule has 1 aliphatic rings. The first-order chi connectivity index (χ1) is 14.6. The van der Waals surface area contributed by atoms with E-state index in [2.05, 4.69) is 5.32 Å². The fraction of sp³-hybridized carbons (Fsp3) is 0.417. The standard InChI is InChI=1S/C24H30N2O4/c1-3-14-25-24(28)20(4-2)26(16-19-8-6-5-7-9-19)23(27)13-11-18-10-12-21-22(15-18)30-17-29-21/h5-10,12,15,20H,3-4,11,13-14,16-17H2,1-2H3,(H,25,28)/t20-/m1/s1. The number of carbonyl (C=O) groups is 2. The molecule has 30 heavy (non-hydrogen) atoms. The first-order valence-electron chi connectivity index (χ1n) is 10.6. The summed E-state index contributed by atoms with van der Waals surface area (Å²) < 4.78 is 10.8. The summed E-state index contributed by atoms with van der Waals surface area (Å²) in [4.78, 5) is 27.7. The van der Waals surface area contributed by atoms with Crippen LogP contribution >= 0.6 is 0 Å². The number of fused-ring (bicyclic) bond motifs is 1. The lowest BCUT2D eigenvalue weighted by atomic mass is 10.1. The minimum Gasteiger partial charge on any atom is -0.454 e. The largest absolute Gasteiger partial charge is 0.454 e. The Morgan fingerprint density at radius 3 is 2.53 bits per heavy atom. The van der Waals surface area contributed by atoms with Crippen LogP contribution in [0.3, 0.4) is 0 Å². The lowest BCUT2D eigenvalue weighted by molar-refractivity contribution is -0.141. The molecule has 0 aromatic heterocycles. The van der Waals surface area contributed by atoms with Gasteiger partial charge >= 0.3 is 0 Å². The average Bonchev–Trinajstić information content (AvgIpc) is 3.24. The Morgan fingerprint density at radius 1 is 1.03 bits per heavy atom. The molecule has 0 radical (unpaired) electrons. The van der Waals surface area contributed by atoms with Gasteiger partial charge in [-0.05, 0) is 42.5 Å². The van der Waals surface area contributed by atoms with E-state index < -0.39 is 6.04 Å². The Hall–Kier alpha value is -3.02. The molecule has 0 bridgehead atoms. The Balaban J connectivity index is 1.72. The van der Waals surface area contributed by atoms with Crippen molar-refractivity contribution >= 4 is 11.8 Å². The third-order valence-corrected chi connectivity index (χ3v) is 5.20. The van der Waals surface area contributed by atoms with E-state index in [1.165, 1.54) is 0 Å². The van der Waals surface area contributed by atoms with Crippen LogP contribution in [0.1, 0.15) is 44.2 Å². The number of benzene rings is 2. The second kappa shape index (κ2) is 10.7. The molecule has 1 N–H and O–H groups in total. The fourth-order valence-electron chi connectivity index (χ4n) is 3.56. The first kappa shape index (κ1) is 21.7. The van der Waals surface area contributed by atoms with E-state index in [-0.39, 0.29) is 18.6 Å². The van der Waals surface area contributed by atoms with Gasteiger partial charge in [0, 0.05) is 19.5 Å². The van der Waals surface area contributed by atoms with Crippen LogP contribution in [0.5, 0.6) is 11.5 Å². The number of aryl methyl sites for hydroxylation is 1. The zero-order valence-electron chi connectivity index (χ0n) is 17.7. The predicted molar refractivity (Wildman–Crippen MR) is 115 cm³/mol. The summed E-state index contributed by atoms with van der Waals surface area (Å²) in [6.07, 6.45) is 2.33. The van der Waals surface area contributed by atoms with Crippen molar-refractivity contribution in [1.29, 1.82) is 0 Å². The summed E-state index contributed by atoms with van der Waals surface area (Å²) in [5, 5.41) is 2.94. The monoisotopic (exact) mass is 410 g/mol. The molecule has 6 heteroatoms. The van der Waals surface area contributed by atoms with Crippen LogP contribution in [0.15, 0.2) is 48.5 Å². The molecule has 2 aromatic rings. The van der Waals surface area contributed by atoms with E-state index in [4.69, 9.17) is 9.47 Å². The van der Waals surface area contributed by atoms with Gasteiger partial charge in [-0.3, -0.25) is 9.59 Å². The third-order valence-electron chi connectivity index (χ3n) is 5.20. The highest BCUT2D eigenvalue weighted by atomic mass is 16.7. The van der Waals surface area contributed by atoms with Gasteiger partial charge in [-0.15, -0.1) is 0 Å². The molecule has 0 fully saturated rings. The van der Waals surface area contributed by atoms with Crippen molar-refractivity contribution in [3.05, 3.63) is 59.7 Å². The van der Waals surface area contributed by atoms with Crippen LogP contribution in [0, 0.1) is 0 Å². The lowest BCUT2D eigenvalue weighted by Crippen LogP contribution is -2.49.